The first kappa shape index (κ1) is 35.3. The van der Waals surface area contributed by atoms with Gasteiger partial charge in [0, 0.05) is 72.5 Å². The number of hydrogen-bond donors (Lipinski definition) is 1. The van der Waals surface area contributed by atoms with Crippen molar-refractivity contribution in [2.45, 2.75) is 64.8 Å². The number of anilines is 3. The van der Waals surface area contributed by atoms with Crippen LogP contribution < -0.4 is 15.9 Å². The summed E-state index contributed by atoms with van der Waals surface area (Å²) >= 11 is 6.67. The molecule has 0 aliphatic carbocycles. The molecule has 0 radical (unpaired) electrons. The fraction of sp³-hybridized carbons (Fsp3) is 0.500. The summed E-state index contributed by atoms with van der Waals surface area (Å²) in [5.41, 5.74) is 4.83. The molecule has 47 heavy (non-hydrogen) atoms. The number of nitrogens with one attached hydrogen (secondary N) is 1. The molecule has 10 nitrogen and oxygen atoms in total. The molecule has 0 unspecified atom stereocenters. The molecule has 0 bridgehead atoms. The Kier molecular flexibility index (Phi) is 11.3. The molecule has 254 valence electrons. The molecule has 1 fully saturated rings. The topological polar surface area (TPSA) is 89.7 Å². The maximum absolute atomic E-state index is 13.7. The second kappa shape index (κ2) is 15.0. The van der Waals surface area contributed by atoms with Crippen LogP contribution in [0.15, 0.2) is 53.5 Å². The molecule has 1 aliphatic rings. The Hall–Kier alpha value is -3.01. The average molecular weight is 696 g/mol. The predicted molar refractivity (Wildman–Crippen MR) is 200 cm³/mol. The Labute approximate surface area is 285 Å². The lowest BCUT2D eigenvalue weighted by molar-refractivity contribution is 0.0754. The fourth-order valence-corrected chi connectivity index (χ4v) is 7.08. The van der Waals surface area contributed by atoms with E-state index in [4.69, 9.17) is 26.1 Å². The number of rotatable bonds is 14. The maximum Gasteiger partial charge on any atom is 0.332 e. The molecule has 0 amide bonds. The van der Waals surface area contributed by atoms with Gasteiger partial charge < -0.3 is 24.6 Å². The minimum atomic E-state index is -1.27. The lowest BCUT2D eigenvalue weighted by Gasteiger charge is -2.34. The van der Waals surface area contributed by atoms with Gasteiger partial charge in [0.2, 0.25) is 5.95 Å². The first-order chi connectivity index (χ1) is 22.3. The molecule has 0 spiro atoms. The van der Waals surface area contributed by atoms with E-state index in [9.17, 15) is 4.79 Å². The number of fused-ring (bicyclic) bond motifs is 1. The third kappa shape index (κ3) is 9.55. The molecular formula is C34H50ClN7O3Si2. The summed E-state index contributed by atoms with van der Waals surface area (Å²) in [6.07, 6.45) is 1.61. The van der Waals surface area contributed by atoms with Crippen LogP contribution in [-0.2, 0) is 22.9 Å². The van der Waals surface area contributed by atoms with Crippen LogP contribution in [-0.4, -0.2) is 86.6 Å². The molecule has 5 rings (SSSR count). The van der Waals surface area contributed by atoms with Crippen LogP contribution in [0.4, 0.5) is 17.3 Å². The van der Waals surface area contributed by atoms with Crippen molar-refractivity contribution in [1.29, 1.82) is 0 Å². The van der Waals surface area contributed by atoms with Gasteiger partial charge in [0.25, 0.3) is 0 Å². The molecule has 1 saturated heterocycles. The minimum Gasteiger partial charge on any atom is -0.369 e. The average Bonchev–Trinajstić information content (AvgIpc) is 3.27. The van der Waals surface area contributed by atoms with E-state index >= 15 is 0 Å². The zero-order chi connectivity index (χ0) is 33.8. The predicted octanol–water partition coefficient (Wildman–Crippen LogP) is 7.03. The Balaban J connectivity index is 1.39. The van der Waals surface area contributed by atoms with Crippen molar-refractivity contribution < 1.29 is 9.47 Å². The zero-order valence-electron chi connectivity index (χ0n) is 29.0. The van der Waals surface area contributed by atoms with Crippen molar-refractivity contribution in [3.05, 3.63) is 64.2 Å². The van der Waals surface area contributed by atoms with Gasteiger partial charge in [0.1, 0.15) is 13.5 Å². The van der Waals surface area contributed by atoms with E-state index in [-0.39, 0.29) is 19.2 Å². The van der Waals surface area contributed by atoms with Crippen molar-refractivity contribution >= 4 is 56.1 Å². The minimum absolute atomic E-state index is 0.158. The summed E-state index contributed by atoms with van der Waals surface area (Å²) < 4.78 is 15.4. The smallest absolute Gasteiger partial charge is 0.332 e. The highest BCUT2D eigenvalue weighted by Crippen LogP contribution is 2.30. The van der Waals surface area contributed by atoms with Crippen LogP contribution in [0.5, 0.6) is 0 Å². The largest absolute Gasteiger partial charge is 0.369 e. The number of halogens is 1. The Morgan fingerprint density at radius 1 is 0.830 bits per heavy atom. The molecule has 2 aromatic heterocycles. The molecule has 3 heterocycles. The van der Waals surface area contributed by atoms with Gasteiger partial charge in [0.15, 0.2) is 0 Å². The first-order valence-electron chi connectivity index (χ1n) is 16.5. The summed E-state index contributed by atoms with van der Waals surface area (Å²) in [4.78, 5) is 27.7. The number of ether oxygens (including phenoxy) is 2. The van der Waals surface area contributed by atoms with Crippen LogP contribution in [0.2, 0.25) is 56.4 Å². The zero-order valence-corrected chi connectivity index (χ0v) is 31.7. The number of piperazine rings is 1. The van der Waals surface area contributed by atoms with Crippen molar-refractivity contribution in [3.8, 4) is 11.3 Å². The summed E-state index contributed by atoms with van der Waals surface area (Å²) in [7, 11) is -0.367. The molecule has 13 heteroatoms. The van der Waals surface area contributed by atoms with E-state index in [1.165, 1.54) is 5.69 Å². The van der Waals surface area contributed by atoms with E-state index in [1.807, 2.05) is 30.3 Å². The van der Waals surface area contributed by atoms with Gasteiger partial charge >= 0.3 is 5.69 Å². The van der Waals surface area contributed by atoms with Crippen molar-refractivity contribution in [2.24, 2.45) is 0 Å². The number of nitrogens with zero attached hydrogens (tertiary/aromatic N) is 6. The third-order valence-corrected chi connectivity index (χ3v) is 12.1. The van der Waals surface area contributed by atoms with Crippen molar-refractivity contribution in [3.63, 3.8) is 0 Å². The number of likely N-dealkylation sites (N-methyl/N-ethyl adjacent to an activating group) is 1. The third-order valence-electron chi connectivity index (χ3n) is 8.46. The second-order valence-corrected chi connectivity index (χ2v) is 26.5. The molecule has 2 aromatic carbocycles. The summed E-state index contributed by atoms with van der Waals surface area (Å²) in [6.45, 7) is 19.7. The van der Waals surface area contributed by atoms with Crippen LogP contribution >= 0.6 is 11.6 Å². The second-order valence-electron chi connectivity index (χ2n) is 14.9. The standard InChI is InChI=1S/C34H50ClN7O3Si2/c1-39-14-16-40(17-15-39)28-11-9-27(10-12-28)37-33-36-23-29(35)32(38-33)26-8-13-30-31(22-26)42(25-45-19-21-47(5,6)7)34(43)41(30)24-44-18-20-46(2,3)4/h8-13,22-23H,14-21,24-25H2,1-7H3,(H,36,37,38). The van der Waals surface area contributed by atoms with E-state index in [2.05, 4.69) is 78.6 Å². The normalized spacial score (nSPS) is 14.7. The van der Waals surface area contributed by atoms with Crippen LogP contribution in [0, 0.1) is 0 Å². The van der Waals surface area contributed by atoms with Gasteiger partial charge in [-0.2, -0.15) is 0 Å². The first-order valence-corrected chi connectivity index (χ1v) is 24.3. The molecule has 1 N–H and O–H groups in total. The highest BCUT2D eigenvalue weighted by Gasteiger charge is 2.19. The molecule has 0 atom stereocenters. The van der Waals surface area contributed by atoms with Gasteiger partial charge in [-0.1, -0.05) is 56.9 Å². The van der Waals surface area contributed by atoms with E-state index < -0.39 is 16.1 Å². The number of hydrogen-bond acceptors (Lipinski definition) is 8. The van der Waals surface area contributed by atoms with E-state index in [0.29, 0.717) is 29.9 Å². The SMILES string of the molecule is CN1CCN(c2ccc(Nc3ncc(Cl)c(-c4ccc5c(c4)n(COCC[Si](C)(C)C)c(=O)n5COCC[Si](C)(C)C)n3)cc2)CC1. The summed E-state index contributed by atoms with van der Waals surface area (Å²) in [6, 6.07) is 16.3. The van der Waals surface area contributed by atoms with E-state index in [0.717, 1.165) is 60.6 Å². The van der Waals surface area contributed by atoms with Gasteiger partial charge in [0.05, 0.1) is 27.9 Å². The number of benzene rings is 2. The van der Waals surface area contributed by atoms with Crippen LogP contribution in [0.3, 0.4) is 0 Å². The molecular weight excluding hydrogens is 646 g/mol. The van der Waals surface area contributed by atoms with Crippen molar-refractivity contribution in [1.82, 2.24) is 24.0 Å². The Bertz CT molecular complexity index is 1710. The van der Waals surface area contributed by atoms with Crippen LogP contribution in [0.25, 0.3) is 22.3 Å². The van der Waals surface area contributed by atoms with Gasteiger partial charge in [-0.15, -0.1) is 0 Å². The highest BCUT2D eigenvalue weighted by atomic mass is 35.5. The maximum atomic E-state index is 13.7. The highest BCUT2D eigenvalue weighted by molar-refractivity contribution is 6.76. The quantitative estimate of drug-likeness (QED) is 0.111. The lowest BCUT2D eigenvalue weighted by atomic mass is 10.1. The Morgan fingerprint density at radius 3 is 2.02 bits per heavy atom. The van der Waals surface area contributed by atoms with Gasteiger partial charge in [-0.25, -0.2) is 14.8 Å². The number of aromatic nitrogens is 4. The molecule has 4 aromatic rings. The van der Waals surface area contributed by atoms with Crippen LogP contribution in [0.1, 0.15) is 0 Å². The fourth-order valence-electron chi connectivity index (χ4n) is 5.36. The van der Waals surface area contributed by atoms with Gasteiger partial charge in [-0.05, 0) is 55.5 Å². The summed E-state index contributed by atoms with van der Waals surface area (Å²) in [5, 5.41) is 3.75. The Morgan fingerprint density at radius 2 is 1.43 bits per heavy atom. The molecule has 0 saturated carbocycles. The van der Waals surface area contributed by atoms with Gasteiger partial charge in [-0.3, -0.25) is 9.13 Å². The lowest BCUT2D eigenvalue weighted by Crippen LogP contribution is -2.44. The van der Waals surface area contributed by atoms with Crippen molar-refractivity contribution in [2.75, 3.05) is 56.7 Å². The summed E-state index contributed by atoms with van der Waals surface area (Å²) in [5.74, 6) is 0.442. The monoisotopic (exact) mass is 695 g/mol. The van der Waals surface area contributed by atoms with E-state index in [1.54, 1.807) is 15.3 Å². The molecule has 1 aliphatic heterocycles. The number of imidazole rings is 1.